The molecule has 0 fully saturated rings. The smallest absolute Gasteiger partial charge is 0.306 e. The van der Waals surface area contributed by atoms with E-state index in [-0.39, 0.29) is 18.3 Å². The molecule has 8 nitrogen and oxygen atoms in total. The minimum atomic E-state index is -0.685. The molecule has 0 aliphatic carbocycles. The lowest BCUT2D eigenvalue weighted by Gasteiger charge is -2.27. The van der Waals surface area contributed by atoms with Crippen molar-refractivity contribution in [1.82, 2.24) is 14.7 Å². The summed E-state index contributed by atoms with van der Waals surface area (Å²) < 4.78 is 6.53. The van der Waals surface area contributed by atoms with Gasteiger partial charge in [0.1, 0.15) is 18.1 Å². The number of likely N-dealkylation sites (N-methyl/N-ethyl adjacent to an activating group) is 1. The number of hydrogen-bond acceptors (Lipinski definition) is 6. The van der Waals surface area contributed by atoms with Crippen molar-refractivity contribution in [3.63, 3.8) is 0 Å². The fourth-order valence-electron chi connectivity index (χ4n) is 2.45. The van der Waals surface area contributed by atoms with Crippen molar-refractivity contribution in [1.29, 1.82) is 0 Å². The van der Waals surface area contributed by atoms with Crippen LogP contribution in [0.4, 0.5) is 5.69 Å². The Balaban J connectivity index is 1.91. The van der Waals surface area contributed by atoms with Crippen LogP contribution in [0, 0.1) is 10.1 Å². The van der Waals surface area contributed by atoms with E-state index in [9.17, 15) is 15.2 Å². The molecular formula is C16H22N4O4. The minimum Gasteiger partial charge on any atom is -0.497 e. The van der Waals surface area contributed by atoms with E-state index in [1.54, 1.807) is 7.11 Å². The second-order valence-electron chi connectivity index (χ2n) is 5.72. The molecule has 2 unspecified atom stereocenters. The van der Waals surface area contributed by atoms with Crippen LogP contribution < -0.4 is 4.74 Å². The first-order valence-electron chi connectivity index (χ1n) is 7.59. The van der Waals surface area contributed by atoms with Gasteiger partial charge >= 0.3 is 5.69 Å². The number of nitrogens with zero attached hydrogens (tertiary/aromatic N) is 4. The third kappa shape index (κ3) is 4.53. The SMILES string of the molecule is COc1ccc(C(C)N(C)CC(O)Cn2cc([N+](=O)[O-])cn2)cc1. The zero-order valence-electron chi connectivity index (χ0n) is 14.0. The van der Waals surface area contributed by atoms with Gasteiger partial charge in [0.05, 0.1) is 24.7 Å². The third-order valence-corrected chi connectivity index (χ3v) is 3.99. The van der Waals surface area contributed by atoms with Gasteiger partial charge in [-0.05, 0) is 31.7 Å². The highest BCUT2D eigenvalue weighted by Crippen LogP contribution is 2.21. The fraction of sp³-hybridized carbons (Fsp3) is 0.438. The summed E-state index contributed by atoms with van der Waals surface area (Å²) in [5, 5.41) is 24.7. The summed E-state index contributed by atoms with van der Waals surface area (Å²) in [7, 11) is 3.55. The first-order valence-corrected chi connectivity index (χ1v) is 7.59. The molecule has 0 spiro atoms. The lowest BCUT2D eigenvalue weighted by Crippen LogP contribution is -2.33. The Morgan fingerprint density at radius 3 is 2.62 bits per heavy atom. The molecule has 2 aromatic rings. The molecule has 0 saturated carbocycles. The average Bonchev–Trinajstić information content (AvgIpc) is 3.02. The highest BCUT2D eigenvalue weighted by Gasteiger charge is 2.17. The zero-order valence-corrected chi connectivity index (χ0v) is 14.0. The molecule has 0 radical (unpaired) electrons. The number of aliphatic hydroxyl groups is 1. The summed E-state index contributed by atoms with van der Waals surface area (Å²) in [6.07, 6.45) is 1.81. The average molecular weight is 334 g/mol. The van der Waals surface area contributed by atoms with E-state index in [4.69, 9.17) is 4.74 Å². The standard InChI is InChI=1S/C16H22N4O4/c1-12(13-4-6-16(24-3)7-5-13)18(2)10-15(21)11-19-9-14(8-17-19)20(22)23/h4-9,12,15,21H,10-11H2,1-3H3. The predicted octanol–water partition coefficient (Wildman–Crippen LogP) is 1.85. The van der Waals surface area contributed by atoms with Gasteiger partial charge < -0.3 is 9.84 Å². The molecular weight excluding hydrogens is 312 g/mol. The Morgan fingerprint density at radius 2 is 2.08 bits per heavy atom. The number of nitro groups is 1. The van der Waals surface area contributed by atoms with E-state index < -0.39 is 11.0 Å². The molecule has 130 valence electrons. The highest BCUT2D eigenvalue weighted by atomic mass is 16.6. The normalized spacial score (nSPS) is 13.7. The van der Waals surface area contributed by atoms with Gasteiger partial charge in [-0.15, -0.1) is 0 Å². The second-order valence-corrected chi connectivity index (χ2v) is 5.72. The summed E-state index contributed by atoms with van der Waals surface area (Å²) in [6, 6.07) is 7.89. The van der Waals surface area contributed by atoms with Gasteiger partial charge in [-0.1, -0.05) is 12.1 Å². The summed E-state index contributed by atoms with van der Waals surface area (Å²) in [6.45, 7) is 2.67. The van der Waals surface area contributed by atoms with E-state index in [2.05, 4.69) is 5.10 Å². The Labute approximate surface area is 140 Å². The van der Waals surface area contributed by atoms with Gasteiger partial charge in [-0.3, -0.25) is 19.7 Å². The number of rotatable bonds is 8. The molecule has 2 rings (SSSR count). The van der Waals surface area contributed by atoms with Crippen LogP contribution in [0.25, 0.3) is 0 Å². The lowest BCUT2D eigenvalue weighted by atomic mass is 10.1. The molecule has 24 heavy (non-hydrogen) atoms. The molecule has 8 heteroatoms. The largest absolute Gasteiger partial charge is 0.497 e. The Bertz CT molecular complexity index is 671. The highest BCUT2D eigenvalue weighted by molar-refractivity contribution is 5.28. The topological polar surface area (TPSA) is 93.7 Å². The molecule has 1 aromatic heterocycles. The van der Waals surface area contributed by atoms with Crippen LogP contribution in [-0.4, -0.2) is 51.5 Å². The maximum Gasteiger partial charge on any atom is 0.306 e. The minimum absolute atomic E-state index is 0.0813. The van der Waals surface area contributed by atoms with E-state index >= 15 is 0 Å². The number of benzene rings is 1. The van der Waals surface area contributed by atoms with Crippen LogP contribution in [0.1, 0.15) is 18.5 Å². The maximum atomic E-state index is 10.6. The van der Waals surface area contributed by atoms with Crippen molar-refractivity contribution in [2.24, 2.45) is 0 Å². The maximum absolute atomic E-state index is 10.6. The number of aliphatic hydroxyl groups excluding tert-OH is 1. The third-order valence-electron chi connectivity index (χ3n) is 3.99. The second kappa shape index (κ2) is 7.89. The molecule has 0 bridgehead atoms. The number of hydrogen-bond donors (Lipinski definition) is 1. The van der Waals surface area contributed by atoms with Crippen LogP contribution >= 0.6 is 0 Å². The Kier molecular flexibility index (Phi) is 5.88. The van der Waals surface area contributed by atoms with E-state index in [1.165, 1.54) is 17.1 Å². The van der Waals surface area contributed by atoms with Gasteiger partial charge in [-0.25, -0.2) is 0 Å². The quantitative estimate of drug-likeness (QED) is 0.585. The van der Waals surface area contributed by atoms with Gasteiger partial charge in [-0.2, -0.15) is 5.10 Å². The van der Waals surface area contributed by atoms with Crippen LogP contribution in [0.15, 0.2) is 36.7 Å². The van der Waals surface area contributed by atoms with Crippen molar-refractivity contribution in [2.75, 3.05) is 20.7 Å². The molecule has 0 aliphatic heterocycles. The van der Waals surface area contributed by atoms with Crippen LogP contribution in [0.3, 0.4) is 0 Å². The predicted molar refractivity (Wildman–Crippen MR) is 88.9 cm³/mol. The van der Waals surface area contributed by atoms with Crippen molar-refractivity contribution in [3.8, 4) is 5.75 Å². The number of methoxy groups -OCH3 is 1. The van der Waals surface area contributed by atoms with E-state index in [1.807, 2.05) is 43.1 Å². The Hall–Kier alpha value is -2.45. The molecule has 0 amide bonds. The molecule has 2 atom stereocenters. The van der Waals surface area contributed by atoms with Crippen molar-refractivity contribution < 1.29 is 14.8 Å². The van der Waals surface area contributed by atoms with Gasteiger partial charge in [0.15, 0.2) is 0 Å². The molecule has 1 N–H and O–H groups in total. The van der Waals surface area contributed by atoms with Crippen molar-refractivity contribution >= 4 is 5.69 Å². The van der Waals surface area contributed by atoms with Crippen LogP contribution in [0.5, 0.6) is 5.75 Å². The summed E-state index contributed by atoms with van der Waals surface area (Å²) >= 11 is 0. The van der Waals surface area contributed by atoms with E-state index in [0.29, 0.717) is 6.54 Å². The monoisotopic (exact) mass is 334 g/mol. The molecule has 0 aliphatic rings. The fourth-order valence-corrected chi connectivity index (χ4v) is 2.45. The first kappa shape index (κ1) is 17.9. The zero-order chi connectivity index (χ0) is 17.7. The Morgan fingerprint density at radius 1 is 1.42 bits per heavy atom. The summed E-state index contributed by atoms with van der Waals surface area (Å²) in [5.41, 5.74) is 1.03. The van der Waals surface area contributed by atoms with Crippen LogP contribution in [-0.2, 0) is 6.54 Å². The van der Waals surface area contributed by atoms with Crippen molar-refractivity contribution in [3.05, 3.63) is 52.3 Å². The van der Waals surface area contributed by atoms with Gasteiger partial charge in [0.2, 0.25) is 0 Å². The number of aromatic nitrogens is 2. The van der Waals surface area contributed by atoms with Gasteiger partial charge in [0.25, 0.3) is 0 Å². The molecule has 1 heterocycles. The number of ether oxygens (including phenoxy) is 1. The molecule has 1 aromatic carbocycles. The summed E-state index contributed by atoms with van der Waals surface area (Å²) in [4.78, 5) is 12.2. The lowest BCUT2D eigenvalue weighted by molar-refractivity contribution is -0.385. The molecule has 0 saturated heterocycles. The van der Waals surface area contributed by atoms with Gasteiger partial charge in [0, 0.05) is 12.6 Å². The van der Waals surface area contributed by atoms with E-state index in [0.717, 1.165) is 11.3 Å². The summed E-state index contributed by atoms with van der Waals surface area (Å²) in [5.74, 6) is 0.800. The van der Waals surface area contributed by atoms with Crippen molar-refractivity contribution in [2.45, 2.75) is 25.6 Å². The van der Waals surface area contributed by atoms with Crippen LogP contribution in [0.2, 0.25) is 0 Å². The first-order chi connectivity index (χ1) is 11.4.